The van der Waals surface area contributed by atoms with Crippen molar-refractivity contribution in [3.8, 4) is 6.07 Å². The zero-order valence-corrected chi connectivity index (χ0v) is 10.9. The van der Waals surface area contributed by atoms with E-state index in [4.69, 9.17) is 5.26 Å². The van der Waals surface area contributed by atoms with E-state index in [1.807, 2.05) is 4.72 Å². The smallest absolute Gasteiger partial charge is 0.266 e. The third kappa shape index (κ3) is 2.60. The van der Waals surface area contributed by atoms with Crippen LogP contribution in [0.2, 0.25) is 0 Å². The van der Waals surface area contributed by atoms with Crippen molar-refractivity contribution in [1.29, 1.82) is 5.26 Å². The summed E-state index contributed by atoms with van der Waals surface area (Å²) in [4.78, 5) is -0.855. The third-order valence-corrected chi connectivity index (χ3v) is 3.72. The first-order valence-electron chi connectivity index (χ1n) is 5.25. The van der Waals surface area contributed by atoms with Crippen LogP contribution in [-0.4, -0.2) is 18.2 Å². The molecule has 2 aromatic rings. The summed E-state index contributed by atoms with van der Waals surface area (Å²) in [6, 6.07) is 3.79. The Morgan fingerprint density at radius 1 is 1.40 bits per heavy atom. The summed E-state index contributed by atoms with van der Waals surface area (Å²) in [5.74, 6) is -2.25. The molecule has 1 aromatic carbocycles. The fraction of sp³-hybridized carbons (Fsp3) is 0.0909. The first-order valence-corrected chi connectivity index (χ1v) is 6.73. The number of aryl methyl sites for hydroxylation is 1. The van der Waals surface area contributed by atoms with Crippen molar-refractivity contribution in [2.24, 2.45) is 7.05 Å². The van der Waals surface area contributed by atoms with Gasteiger partial charge in [0.05, 0.1) is 0 Å². The minimum atomic E-state index is -4.38. The largest absolute Gasteiger partial charge is 0.272 e. The highest BCUT2D eigenvalue weighted by atomic mass is 32.2. The van der Waals surface area contributed by atoms with Gasteiger partial charge in [-0.3, -0.25) is 9.40 Å². The molecule has 1 aromatic heterocycles. The Kier molecular flexibility index (Phi) is 3.42. The average Bonchev–Trinajstić information content (AvgIpc) is 2.71. The number of hydrogen-bond acceptors (Lipinski definition) is 4. The Hall–Kier alpha value is -2.47. The van der Waals surface area contributed by atoms with Crippen molar-refractivity contribution >= 4 is 15.8 Å². The molecule has 0 fully saturated rings. The van der Waals surface area contributed by atoms with Crippen LogP contribution < -0.4 is 4.72 Å². The molecule has 0 aliphatic carbocycles. The van der Waals surface area contributed by atoms with Gasteiger partial charge in [-0.05, 0) is 18.2 Å². The maximum atomic E-state index is 13.5. The topological polar surface area (TPSA) is 87.8 Å². The third-order valence-electron chi connectivity index (χ3n) is 2.36. The van der Waals surface area contributed by atoms with E-state index < -0.39 is 26.6 Å². The number of nitrogens with zero attached hydrogens (tertiary/aromatic N) is 3. The van der Waals surface area contributed by atoms with E-state index in [1.54, 1.807) is 6.07 Å². The molecule has 0 atom stereocenters. The van der Waals surface area contributed by atoms with Crippen LogP contribution in [0.3, 0.4) is 0 Å². The van der Waals surface area contributed by atoms with Gasteiger partial charge in [-0.2, -0.15) is 10.4 Å². The van der Waals surface area contributed by atoms with E-state index in [-0.39, 0.29) is 11.4 Å². The molecule has 0 spiro atoms. The van der Waals surface area contributed by atoms with Crippen LogP contribution in [0.25, 0.3) is 0 Å². The van der Waals surface area contributed by atoms with Gasteiger partial charge in [0.15, 0.2) is 5.82 Å². The molecule has 0 aliphatic heterocycles. The number of nitrogens with one attached hydrogen (secondary N) is 1. The molecule has 0 bridgehead atoms. The predicted molar refractivity (Wildman–Crippen MR) is 65.1 cm³/mol. The SMILES string of the molecule is Cn1cc(C#N)c(NS(=O)(=O)c2cc(F)ccc2F)n1. The van der Waals surface area contributed by atoms with E-state index >= 15 is 0 Å². The highest BCUT2D eigenvalue weighted by Gasteiger charge is 2.22. The van der Waals surface area contributed by atoms with E-state index in [9.17, 15) is 17.2 Å². The Labute approximate surface area is 113 Å². The van der Waals surface area contributed by atoms with E-state index in [0.29, 0.717) is 12.1 Å². The van der Waals surface area contributed by atoms with Crippen LogP contribution in [0.4, 0.5) is 14.6 Å². The van der Waals surface area contributed by atoms with Crippen molar-refractivity contribution in [3.05, 3.63) is 41.6 Å². The van der Waals surface area contributed by atoms with E-state index in [1.165, 1.54) is 17.9 Å². The highest BCUT2D eigenvalue weighted by Crippen LogP contribution is 2.20. The number of anilines is 1. The Morgan fingerprint density at radius 2 is 2.10 bits per heavy atom. The molecule has 0 saturated carbocycles. The summed E-state index contributed by atoms with van der Waals surface area (Å²) in [7, 11) is -2.89. The zero-order chi connectivity index (χ0) is 14.9. The van der Waals surface area contributed by atoms with Gasteiger partial charge >= 0.3 is 0 Å². The lowest BCUT2D eigenvalue weighted by Crippen LogP contribution is -2.16. The van der Waals surface area contributed by atoms with E-state index in [2.05, 4.69) is 5.10 Å². The molecule has 6 nitrogen and oxygen atoms in total. The van der Waals surface area contributed by atoms with Gasteiger partial charge in [0.2, 0.25) is 0 Å². The molecule has 104 valence electrons. The molecule has 0 amide bonds. The number of halogens is 2. The maximum Gasteiger partial charge on any atom is 0.266 e. The Bertz CT molecular complexity index is 808. The summed E-state index contributed by atoms with van der Waals surface area (Å²) in [5, 5.41) is 12.6. The summed E-state index contributed by atoms with van der Waals surface area (Å²) in [5.41, 5.74) is -0.0344. The number of aromatic nitrogens is 2. The fourth-order valence-corrected chi connectivity index (χ4v) is 2.62. The second-order valence-corrected chi connectivity index (χ2v) is 5.51. The van der Waals surface area contributed by atoms with Crippen LogP contribution in [0.1, 0.15) is 5.56 Å². The number of sulfonamides is 1. The molecule has 0 unspecified atom stereocenters. The lowest BCUT2D eigenvalue weighted by molar-refractivity contribution is 0.555. The fourth-order valence-electron chi connectivity index (χ4n) is 1.51. The second-order valence-electron chi connectivity index (χ2n) is 3.86. The van der Waals surface area contributed by atoms with Crippen LogP contribution in [0.15, 0.2) is 29.3 Å². The van der Waals surface area contributed by atoms with Gasteiger partial charge in [-0.15, -0.1) is 0 Å². The normalized spacial score (nSPS) is 11.1. The molecule has 20 heavy (non-hydrogen) atoms. The lowest BCUT2D eigenvalue weighted by Gasteiger charge is -2.06. The minimum absolute atomic E-state index is 0.0344. The number of nitriles is 1. The standard InChI is InChI=1S/C11H8F2N4O2S/c1-17-6-7(5-14)11(15-17)16-20(18,19)10-4-8(12)2-3-9(10)13/h2-4,6H,1H3,(H,15,16). The molecule has 1 N–H and O–H groups in total. The minimum Gasteiger partial charge on any atom is -0.272 e. The molecular formula is C11H8F2N4O2S. The molecular weight excluding hydrogens is 290 g/mol. The van der Waals surface area contributed by atoms with Crippen molar-refractivity contribution in [3.63, 3.8) is 0 Å². The Balaban J connectivity index is 2.46. The summed E-state index contributed by atoms with van der Waals surface area (Å²) in [6.07, 6.45) is 1.29. The van der Waals surface area contributed by atoms with Gasteiger partial charge < -0.3 is 0 Å². The van der Waals surface area contributed by atoms with Crippen LogP contribution in [0, 0.1) is 23.0 Å². The summed E-state index contributed by atoms with van der Waals surface area (Å²) in [6.45, 7) is 0. The quantitative estimate of drug-likeness (QED) is 0.927. The summed E-state index contributed by atoms with van der Waals surface area (Å²) < 4.78 is 53.6. The van der Waals surface area contributed by atoms with Crippen molar-refractivity contribution < 1.29 is 17.2 Å². The molecule has 0 radical (unpaired) electrons. The van der Waals surface area contributed by atoms with Gasteiger partial charge in [-0.25, -0.2) is 17.2 Å². The van der Waals surface area contributed by atoms with Crippen molar-refractivity contribution in [2.45, 2.75) is 4.90 Å². The molecule has 9 heteroatoms. The first-order chi connectivity index (χ1) is 9.33. The van der Waals surface area contributed by atoms with Gasteiger partial charge in [0.25, 0.3) is 10.0 Å². The molecule has 2 rings (SSSR count). The monoisotopic (exact) mass is 298 g/mol. The molecule has 0 aliphatic rings. The number of rotatable bonds is 3. The number of benzene rings is 1. The summed E-state index contributed by atoms with van der Waals surface area (Å²) >= 11 is 0. The van der Waals surface area contributed by atoms with Gasteiger partial charge in [0.1, 0.15) is 28.2 Å². The van der Waals surface area contributed by atoms with Crippen molar-refractivity contribution in [2.75, 3.05) is 4.72 Å². The van der Waals surface area contributed by atoms with Crippen LogP contribution in [-0.2, 0) is 17.1 Å². The Morgan fingerprint density at radius 3 is 2.75 bits per heavy atom. The first kappa shape index (κ1) is 14.0. The maximum absolute atomic E-state index is 13.5. The van der Waals surface area contributed by atoms with Crippen LogP contribution in [0.5, 0.6) is 0 Å². The molecule has 0 saturated heterocycles. The molecule has 1 heterocycles. The zero-order valence-electron chi connectivity index (χ0n) is 10.1. The number of hydrogen-bond donors (Lipinski definition) is 1. The van der Waals surface area contributed by atoms with Crippen LogP contribution >= 0.6 is 0 Å². The van der Waals surface area contributed by atoms with Gasteiger partial charge in [-0.1, -0.05) is 0 Å². The second kappa shape index (κ2) is 4.90. The van der Waals surface area contributed by atoms with E-state index in [0.717, 1.165) is 6.07 Å². The highest BCUT2D eigenvalue weighted by molar-refractivity contribution is 7.92. The van der Waals surface area contributed by atoms with Gasteiger partial charge in [0, 0.05) is 13.2 Å². The van der Waals surface area contributed by atoms with Crippen molar-refractivity contribution in [1.82, 2.24) is 9.78 Å². The average molecular weight is 298 g/mol. The lowest BCUT2D eigenvalue weighted by atomic mass is 10.3. The predicted octanol–water partition coefficient (Wildman–Crippen LogP) is 1.37.